The lowest BCUT2D eigenvalue weighted by Gasteiger charge is -2.11. The molecule has 0 aromatic heterocycles. The normalized spacial score (nSPS) is 10.9. The minimum atomic E-state index is 0.665. The molecule has 0 radical (unpaired) electrons. The van der Waals surface area contributed by atoms with Crippen LogP contribution in [0.25, 0.3) is 6.08 Å². The van der Waals surface area contributed by atoms with Crippen molar-refractivity contribution in [3.8, 4) is 17.6 Å². The zero-order chi connectivity index (χ0) is 14.1. The molecule has 0 aliphatic rings. The van der Waals surface area contributed by atoms with E-state index in [0.29, 0.717) is 17.9 Å². The van der Waals surface area contributed by atoms with Gasteiger partial charge in [0, 0.05) is 5.57 Å². The van der Waals surface area contributed by atoms with E-state index in [9.17, 15) is 0 Å². The van der Waals surface area contributed by atoms with E-state index in [1.165, 1.54) is 12.8 Å². The van der Waals surface area contributed by atoms with Gasteiger partial charge in [-0.15, -0.1) is 0 Å². The fraction of sp³-hybridized carbons (Fsp3) is 0.438. The quantitative estimate of drug-likeness (QED) is 0.544. The number of unbranched alkanes of at least 4 members (excludes halogenated alkanes) is 2. The van der Waals surface area contributed by atoms with Crippen LogP contribution in [-0.4, -0.2) is 13.7 Å². The van der Waals surface area contributed by atoms with E-state index in [1.54, 1.807) is 14.0 Å². The first-order valence-electron chi connectivity index (χ1n) is 6.60. The first kappa shape index (κ1) is 15.1. The molecule has 0 spiro atoms. The van der Waals surface area contributed by atoms with Crippen LogP contribution in [0.15, 0.2) is 23.8 Å². The fourth-order valence-electron chi connectivity index (χ4n) is 1.71. The number of nitrogens with zero attached hydrogens (tertiary/aromatic N) is 1. The van der Waals surface area contributed by atoms with Crippen LogP contribution < -0.4 is 9.47 Å². The molecule has 0 N–H and O–H groups in total. The summed E-state index contributed by atoms with van der Waals surface area (Å²) in [7, 11) is 1.62. The highest BCUT2D eigenvalue weighted by Crippen LogP contribution is 2.29. The van der Waals surface area contributed by atoms with E-state index < -0.39 is 0 Å². The Labute approximate surface area is 115 Å². The largest absolute Gasteiger partial charge is 0.493 e. The van der Waals surface area contributed by atoms with Gasteiger partial charge in [0.1, 0.15) is 0 Å². The van der Waals surface area contributed by atoms with E-state index in [2.05, 4.69) is 13.0 Å². The Balaban J connectivity index is 2.76. The molecule has 1 rings (SSSR count). The second-order valence-corrected chi connectivity index (χ2v) is 4.41. The Morgan fingerprint density at radius 1 is 1.32 bits per heavy atom. The maximum Gasteiger partial charge on any atom is 0.161 e. The molecule has 0 aliphatic heterocycles. The minimum Gasteiger partial charge on any atom is -0.493 e. The van der Waals surface area contributed by atoms with Gasteiger partial charge < -0.3 is 9.47 Å². The molecular weight excluding hydrogens is 238 g/mol. The molecule has 3 heteroatoms. The molecule has 0 atom stereocenters. The van der Waals surface area contributed by atoms with Crippen molar-refractivity contribution in [3.05, 3.63) is 29.3 Å². The third-order valence-electron chi connectivity index (χ3n) is 2.75. The van der Waals surface area contributed by atoms with E-state index in [4.69, 9.17) is 14.7 Å². The van der Waals surface area contributed by atoms with Crippen molar-refractivity contribution in [3.63, 3.8) is 0 Å². The van der Waals surface area contributed by atoms with Gasteiger partial charge in [-0.3, -0.25) is 0 Å². The molecule has 3 nitrogen and oxygen atoms in total. The highest BCUT2D eigenvalue weighted by Gasteiger charge is 2.05. The Morgan fingerprint density at radius 3 is 2.74 bits per heavy atom. The Morgan fingerprint density at radius 2 is 2.11 bits per heavy atom. The SMILES string of the molecule is CCCCCOc1ccc(/C=C(/C)C#N)cc1OC. The summed E-state index contributed by atoms with van der Waals surface area (Å²) in [5.41, 5.74) is 1.61. The third kappa shape index (κ3) is 5.05. The lowest BCUT2D eigenvalue weighted by Crippen LogP contribution is -1.99. The van der Waals surface area contributed by atoms with E-state index in [0.717, 1.165) is 17.7 Å². The second kappa shape index (κ2) is 8.20. The van der Waals surface area contributed by atoms with Crippen LogP contribution in [0.3, 0.4) is 0 Å². The molecular formula is C16H21NO2. The topological polar surface area (TPSA) is 42.2 Å². The molecule has 0 aliphatic carbocycles. The molecule has 0 unspecified atom stereocenters. The number of allylic oxidation sites excluding steroid dienone is 1. The van der Waals surface area contributed by atoms with Crippen LogP contribution in [0.4, 0.5) is 0 Å². The molecule has 0 heterocycles. The highest BCUT2D eigenvalue weighted by atomic mass is 16.5. The maximum atomic E-state index is 8.77. The van der Waals surface area contributed by atoms with E-state index in [1.807, 2.05) is 24.3 Å². The van der Waals surface area contributed by atoms with Crippen molar-refractivity contribution >= 4 is 6.08 Å². The van der Waals surface area contributed by atoms with Gasteiger partial charge in [-0.1, -0.05) is 25.8 Å². The molecule has 0 amide bonds. The van der Waals surface area contributed by atoms with E-state index >= 15 is 0 Å². The van der Waals surface area contributed by atoms with Gasteiger partial charge in [0.2, 0.25) is 0 Å². The third-order valence-corrected chi connectivity index (χ3v) is 2.75. The Kier molecular flexibility index (Phi) is 6.52. The number of hydrogen-bond acceptors (Lipinski definition) is 3. The molecule has 0 saturated heterocycles. The van der Waals surface area contributed by atoms with Crippen molar-refractivity contribution < 1.29 is 9.47 Å². The van der Waals surface area contributed by atoms with E-state index in [-0.39, 0.29) is 0 Å². The van der Waals surface area contributed by atoms with Crippen LogP contribution in [-0.2, 0) is 0 Å². The number of rotatable bonds is 7. The lowest BCUT2D eigenvalue weighted by atomic mass is 10.1. The maximum absolute atomic E-state index is 8.77. The molecule has 1 aromatic rings. The second-order valence-electron chi connectivity index (χ2n) is 4.41. The standard InChI is InChI=1S/C16H21NO2/c1-4-5-6-9-19-15-8-7-14(10-13(2)12-17)11-16(15)18-3/h7-8,10-11H,4-6,9H2,1-3H3/b13-10-. The number of hydrogen-bond donors (Lipinski definition) is 0. The average molecular weight is 259 g/mol. The van der Waals surface area contributed by atoms with Gasteiger partial charge in [-0.05, 0) is 37.1 Å². The van der Waals surface area contributed by atoms with Crippen molar-refractivity contribution in [2.24, 2.45) is 0 Å². The van der Waals surface area contributed by atoms with Gasteiger partial charge in [-0.2, -0.15) is 5.26 Å². The van der Waals surface area contributed by atoms with Crippen LogP contribution >= 0.6 is 0 Å². The fourth-order valence-corrected chi connectivity index (χ4v) is 1.71. The van der Waals surface area contributed by atoms with Crippen molar-refractivity contribution in [2.75, 3.05) is 13.7 Å². The summed E-state index contributed by atoms with van der Waals surface area (Å²) in [6.45, 7) is 4.65. The Bertz CT molecular complexity index is 472. The summed E-state index contributed by atoms with van der Waals surface area (Å²) in [4.78, 5) is 0. The van der Waals surface area contributed by atoms with Crippen molar-refractivity contribution in [1.82, 2.24) is 0 Å². The zero-order valence-electron chi connectivity index (χ0n) is 11.9. The first-order valence-corrected chi connectivity index (χ1v) is 6.60. The average Bonchev–Trinajstić information content (AvgIpc) is 2.44. The minimum absolute atomic E-state index is 0.665. The van der Waals surface area contributed by atoms with Gasteiger partial charge in [0.15, 0.2) is 11.5 Å². The molecule has 0 fully saturated rings. The van der Waals surface area contributed by atoms with Crippen LogP contribution in [0.5, 0.6) is 11.5 Å². The van der Waals surface area contributed by atoms with Crippen molar-refractivity contribution in [1.29, 1.82) is 5.26 Å². The van der Waals surface area contributed by atoms with Crippen LogP contribution in [0, 0.1) is 11.3 Å². The van der Waals surface area contributed by atoms with Gasteiger partial charge in [0.25, 0.3) is 0 Å². The molecule has 0 bridgehead atoms. The van der Waals surface area contributed by atoms with Crippen LogP contribution in [0.2, 0.25) is 0 Å². The van der Waals surface area contributed by atoms with Crippen molar-refractivity contribution in [2.45, 2.75) is 33.1 Å². The molecule has 19 heavy (non-hydrogen) atoms. The summed E-state index contributed by atoms with van der Waals surface area (Å²) in [5.74, 6) is 1.46. The predicted molar refractivity (Wildman–Crippen MR) is 77.3 cm³/mol. The smallest absolute Gasteiger partial charge is 0.161 e. The number of nitriles is 1. The number of methoxy groups -OCH3 is 1. The van der Waals surface area contributed by atoms with Gasteiger partial charge in [-0.25, -0.2) is 0 Å². The zero-order valence-corrected chi connectivity index (χ0v) is 11.9. The Hall–Kier alpha value is -1.95. The monoisotopic (exact) mass is 259 g/mol. The number of benzene rings is 1. The summed E-state index contributed by atoms with van der Waals surface area (Å²) in [6.07, 6.45) is 5.22. The molecule has 1 aromatic carbocycles. The van der Waals surface area contributed by atoms with Gasteiger partial charge >= 0.3 is 0 Å². The molecule has 0 saturated carbocycles. The summed E-state index contributed by atoms with van der Waals surface area (Å²) >= 11 is 0. The first-order chi connectivity index (χ1) is 9.21. The lowest BCUT2D eigenvalue weighted by molar-refractivity contribution is 0.286. The summed E-state index contributed by atoms with van der Waals surface area (Å²) < 4.78 is 11.0. The number of ether oxygens (including phenoxy) is 2. The van der Waals surface area contributed by atoms with Crippen LogP contribution in [0.1, 0.15) is 38.7 Å². The predicted octanol–water partition coefficient (Wildman–Crippen LogP) is 4.19. The summed E-state index contributed by atoms with van der Waals surface area (Å²) in [5, 5.41) is 8.77. The summed E-state index contributed by atoms with van der Waals surface area (Å²) in [6, 6.07) is 7.81. The molecule has 102 valence electrons. The van der Waals surface area contributed by atoms with Gasteiger partial charge in [0.05, 0.1) is 19.8 Å². The highest BCUT2D eigenvalue weighted by molar-refractivity contribution is 5.60.